The Labute approximate surface area is 272 Å². The van der Waals surface area contributed by atoms with Gasteiger partial charge in [-0.3, -0.25) is 13.6 Å². The smallest absolute Gasteiger partial charge is 0.476 e. The summed E-state index contributed by atoms with van der Waals surface area (Å²) in [6.45, 7) is 16.0. The lowest BCUT2D eigenvalue weighted by molar-refractivity contribution is -0.161. The molecule has 3 atom stereocenters. The highest BCUT2D eigenvalue weighted by atomic mass is 32.2. The second-order valence-electron chi connectivity index (χ2n) is 14.2. The quantitative estimate of drug-likeness (QED) is 0.164. The maximum absolute atomic E-state index is 14.1. The van der Waals surface area contributed by atoms with E-state index in [-0.39, 0.29) is 18.6 Å². The molecule has 244 valence electrons. The monoisotopic (exact) mass is 656 g/mol. The molecule has 1 unspecified atom stereocenters. The Kier molecular flexibility index (Phi) is 10.4. The number of benzene rings is 2. The number of hydrogen-bond acceptors (Lipinski definition) is 10. The van der Waals surface area contributed by atoms with Crippen molar-refractivity contribution >= 4 is 19.6 Å². The zero-order chi connectivity index (χ0) is 33.3. The van der Waals surface area contributed by atoms with Crippen molar-refractivity contribution < 1.29 is 32.3 Å². The number of nitriles is 2. The molecular formula is C34H45N2O7PS. The fourth-order valence-corrected chi connectivity index (χ4v) is 8.29. The Balaban J connectivity index is 1.45. The molecule has 2 aromatic rings. The summed E-state index contributed by atoms with van der Waals surface area (Å²) in [5.41, 5.74) is 0.351. The maximum atomic E-state index is 14.1. The first-order chi connectivity index (χ1) is 20.9. The highest BCUT2D eigenvalue weighted by Crippen LogP contribution is 2.55. The van der Waals surface area contributed by atoms with Crippen molar-refractivity contribution in [1.82, 2.24) is 0 Å². The number of rotatable bonds is 12. The lowest BCUT2D eigenvalue weighted by atomic mass is 9.81. The van der Waals surface area contributed by atoms with Crippen molar-refractivity contribution in [3.05, 3.63) is 58.7 Å². The SMILES string of the molecule is CSCOP(=O)(OCC(C)(C)CC(C)(C)O[C@@H]1Cc2cc(C#N)ccc2OC1(C)C)O[C@@H]1Cc2cc(C#N)ccc2OC1(C)C. The summed E-state index contributed by atoms with van der Waals surface area (Å²) in [6, 6.07) is 15.1. The minimum atomic E-state index is -4.03. The van der Waals surface area contributed by atoms with E-state index in [1.165, 1.54) is 11.8 Å². The molecule has 11 heteroatoms. The molecule has 0 spiro atoms. The normalized spacial score (nSPS) is 21.6. The van der Waals surface area contributed by atoms with E-state index >= 15 is 0 Å². The van der Waals surface area contributed by atoms with Gasteiger partial charge in [-0.25, -0.2) is 4.57 Å². The number of thioether (sulfide) groups is 1. The van der Waals surface area contributed by atoms with Crippen LogP contribution in [0.1, 0.15) is 84.1 Å². The zero-order valence-corrected chi connectivity index (χ0v) is 29.5. The van der Waals surface area contributed by atoms with E-state index in [1.54, 1.807) is 24.3 Å². The summed E-state index contributed by atoms with van der Waals surface area (Å²) < 4.78 is 51.3. The van der Waals surface area contributed by atoms with E-state index in [9.17, 15) is 15.1 Å². The van der Waals surface area contributed by atoms with Crippen LogP contribution >= 0.6 is 19.6 Å². The van der Waals surface area contributed by atoms with Crippen molar-refractivity contribution in [2.75, 3.05) is 18.8 Å². The molecule has 0 fully saturated rings. The largest absolute Gasteiger partial charge is 0.485 e. The molecule has 0 saturated carbocycles. The van der Waals surface area contributed by atoms with Crippen LogP contribution in [0.15, 0.2) is 36.4 Å². The van der Waals surface area contributed by atoms with E-state index in [0.717, 1.165) is 16.9 Å². The van der Waals surface area contributed by atoms with Gasteiger partial charge in [-0.2, -0.15) is 10.5 Å². The molecule has 2 aromatic carbocycles. The van der Waals surface area contributed by atoms with Crippen molar-refractivity contribution in [2.24, 2.45) is 5.41 Å². The van der Waals surface area contributed by atoms with Crippen molar-refractivity contribution in [3.63, 3.8) is 0 Å². The van der Waals surface area contributed by atoms with Gasteiger partial charge in [-0.1, -0.05) is 13.8 Å². The second kappa shape index (κ2) is 13.3. The minimum absolute atomic E-state index is 0.0908. The molecule has 4 rings (SSSR count). The Hall–Kier alpha value is -2.56. The standard InChI is InChI=1S/C34H45N2O7PS/c1-31(2,20-32(3,4)42-29-16-25-14-23(18-35)10-12-27(25)40-33(29,5)6)21-38-44(37,39-22-45-9)43-30-17-26-15-24(19-36)11-13-28(26)41-34(30,7)8/h10-15,29-30H,16-17,20-22H2,1-9H3/t29-,30-,44?/m1/s1. The molecule has 45 heavy (non-hydrogen) atoms. The van der Waals surface area contributed by atoms with Crippen molar-refractivity contribution in [2.45, 2.75) is 104 Å². The first-order valence-electron chi connectivity index (χ1n) is 15.1. The van der Waals surface area contributed by atoms with Crippen LogP contribution in [0.4, 0.5) is 0 Å². The summed E-state index contributed by atoms with van der Waals surface area (Å²) in [7, 11) is -4.03. The van der Waals surface area contributed by atoms with Crippen LogP contribution in [0.3, 0.4) is 0 Å². The number of nitrogens with zero attached hydrogens (tertiary/aromatic N) is 2. The third kappa shape index (κ3) is 8.83. The molecule has 9 nitrogen and oxygen atoms in total. The van der Waals surface area contributed by atoms with Gasteiger partial charge in [0.15, 0.2) is 0 Å². The molecule has 2 aliphatic heterocycles. The fourth-order valence-electron chi connectivity index (χ4n) is 6.01. The van der Waals surface area contributed by atoms with Gasteiger partial charge in [0, 0.05) is 12.8 Å². The van der Waals surface area contributed by atoms with Gasteiger partial charge in [-0.05, 0) is 107 Å². The Morgan fingerprint density at radius 3 is 1.91 bits per heavy atom. The Bertz CT molecular complexity index is 1530. The average Bonchev–Trinajstić information content (AvgIpc) is 2.94. The van der Waals surface area contributed by atoms with Crippen molar-refractivity contribution in [1.29, 1.82) is 10.5 Å². The number of phosphoric ester groups is 1. The summed E-state index contributed by atoms with van der Waals surface area (Å²) in [5.74, 6) is 1.57. The van der Waals surface area contributed by atoms with E-state index in [0.29, 0.717) is 36.1 Å². The van der Waals surface area contributed by atoms with Crippen LogP contribution in [-0.2, 0) is 35.7 Å². The van der Waals surface area contributed by atoms with Gasteiger partial charge in [0.2, 0.25) is 0 Å². The predicted molar refractivity (Wildman–Crippen MR) is 174 cm³/mol. The maximum Gasteiger partial charge on any atom is 0.476 e. The summed E-state index contributed by atoms with van der Waals surface area (Å²) in [4.78, 5) is 0. The Morgan fingerprint density at radius 1 is 0.889 bits per heavy atom. The van der Waals surface area contributed by atoms with E-state index in [2.05, 4.69) is 12.1 Å². The van der Waals surface area contributed by atoms with Crippen LogP contribution in [0, 0.1) is 28.1 Å². The summed E-state index contributed by atoms with van der Waals surface area (Å²) in [5, 5.41) is 18.7. The third-order valence-corrected chi connectivity index (χ3v) is 9.98. The number of ether oxygens (including phenoxy) is 3. The zero-order valence-electron chi connectivity index (χ0n) is 27.8. The van der Waals surface area contributed by atoms with E-state index in [4.69, 9.17) is 27.8 Å². The molecule has 0 bridgehead atoms. The fraction of sp³-hybridized carbons (Fsp3) is 0.588. The van der Waals surface area contributed by atoms with E-state index in [1.807, 2.05) is 73.8 Å². The molecule has 0 saturated heterocycles. The predicted octanol–water partition coefficient (Wildman–Crippen LogP) is 7.98. The highest BCUT2D eigenvalue weighted by molar-refractivity contribution is 7.98. The number of hydrogen-bond donors (Lipinski definition) is 0. The molecule has 0 aliphatic carbocycles. The molecule has 2 aliphatic rings. The van der Waals surface area contributed by atoms with Gasteiger partial charge in [0.1, 0.15) is 40.8 Å². The average molecular weight is 657 g/mol. The molecule has 0 N–H and O–H groups in total. The topological polar surface area (TPSA) is 120 Å². The molecule has 0 amide bonds. The first kappa shape index (κ1) is 35.3. The van der Waals surface area contributed by atoms with Crippen LogP contribution in [0.25, 0.3) is 0 Å². The molecule has 0 radical (unpaired) electrons. The highest BCUT2D eigenvalue weighted by Gasteiger charge is 2.46. The van der Waals surface area contributed by atoms with Gasteiger partial charge >= 0.3 is 7.82 Å². The lowest BCUT2D eigenvalue weighted by Crippen LogP contribution is -2.52. The molecule has 0 aromatic heterocycles. The summed E-state index contributed by atoms with van der Waals surface area (Å²) >= 11 is 1.37. The van der Waals surface area contributed by atoms with Crippen molar-refractivity contribution in [3.8, 4) is 23.6 Å². The van der Waals surface area contributed by atoms with Gasteiger partial charge in [0.25, 0.3) is 0 Å². The van der Waals surface area contributed by atoms with Crippen LogP contribution in [-0.4, -0.2) is 47.8 Å². The van der Waals surface area contributed by atoms with E-state index < -0.39 is 36.1 Å². The van der Waals surface area contributed by atoms with Crippen LogP contribution < -0.4 is 9.47 Å². The summed E-state index contributed by atoms with van der Waals surface area (Å²) in [6.07, 6.45) is 2.51. The molecular weight excluding hydrogens is 611 g/mol. The second-order valence-corrected chi connectivity index (χ2v) is 16.7. The first-order valence-corrected chi connectivity index (χ1v) is 17.9. The third-order valence-electron chi connectivity index (χ3n) is 8.05. The molecule has 2 heterocycles. The lowest BCUT2D eigenvalue weighted by Gasteiger charge is -2.45. The number of fused-ring (bicyclic) bond motifs is 2. The van der Waals surface area contributed by atoms with Crippen LogP contribution in [0.5, 0.6) is 11.5 Å². The van der Waals surface area contributed by atoms with Gasteiger partial charge < -0.3 is 14.2 Å². The van der Waals surface area contributed by atoms with Gasteiger partial charge in [-0.15, -0.1) is 11.8 Å². The number of phosphoric acid groups is 1. The Morgan fingerprint density at radius 2 is 1.40 bits per heavy atom. The van der Waals surface area contributed by atoms with Crippen LogP contribution in [0.2, 0.25) is 0 Å². The minimum Gasteiger partial charge on any atom is -0.485 e. The van der Waals surface area contributed by atoms with Gasteiger partial charge in [0.05, 0.1) is 35.5 Å².